The number of alkyl carbamates (subject to hydrolysis) is 1. The summed E-state index contributed by atoms with van der Waals surface area (Å²) in [4.78, 5) is 24.5. The second-order valence-electron chi connectivity index (χ2n) is 8.96. The first-order valence-electron chi connectivity index (χ1n) is 10.3. The SMILES string of the molecule is CC(C)(C)OC(=O)N[C@H](C(=O)CCC(F)(F)C(F)(F)C(F)(F)C(F)(F)C(F)(F)C(F)(F)F)c1ccccc1. The normalized spacial score (nSPS) is 15.2. The summed E-state index contributed by atoms with van der Waals surface area (Å²) in [6.45, 7) is 4.15. The molecule has 1 aromatic rings. The molecule has 38 heavy (non-hydrogen) atoms. The van der Waals surface area contributed by atoms with Crippen molar-refractivity contribution in [2.45, 2.75) is 81.0 Å². The summed E-state index contributed by atoms with van der Waals surface area (Å²) in [6.07, 6.45) is -13.4. The van der Waals surface area contributed by atoms with Gasteiger partial charge >= 0.3 is 41.9 Å². The standard InChI is InChI=1S/C21H20F13NO3/c1-15(2,3)38-14(37)35-13(11-7-5-4-6-8-11)12(36)9-10-16(22,23)17(24,25)18(26,27)19(28,29)20(30,31)21(32,33)34/h4-8,13H,9-10H2,1-3H3,(H,35,37)/t13-/m0/s1. The third-order valence-corrected chi connectivity index (χ3v) is 4.80. The maximum absolute atomic E-state index is 14.1. The van der Waals surface area contributed by atoms with E-state index in [1.807, 2.05) is 5.32 Å². The van der Waals surface area contributed by atoms with Crippen molar-refractivity contribution in [1.29, 1.82) is 0 Å². The Morgan fingerprint density at radius 1 is 0.737 bits per heavy atom. The molecule has 1 N–H and O–H groups in total. The zero-order valence-corrected chi connectivity index (χ0v) is 19.5. The number of hydrogen-bond acceptors (Lipinski definition) is 3. The van der Waals surface area contributed by atoms with Crippen molar-refractivity contribution in [3.05, 3.63) is 35.9 Å². The predicted octanol–water partition coefficient (Wildman–Crippen LogP) is 7.34. The van der Waals surface area contributed by atoms with Gasteiger partial charge in [-0.2, -0.15) is 57.1 Å². The van der Waals surface area contributed by atoms with Crippen LogP contribution in [-0.2, 0) is 9.53 Å². The Morgan fingerprint density at radius 3 is 1.61 bits per heavy atom. The van der Waals surface area contributed by atoms with E-state index in [4.69, 9.17) is 4.74 Å². The first-order valence-corrected chi connectivity index (χ1v) is 10.3. The molecule has 218 valence electrons. The van der Waals surface area contributed by atoms with Gasteiger partial charge in [-0.3, -0.25) is 4.79 Å². The van der Waals surface area contributed by atoms with Crippen LogP contribution in [0.4, 0.5) is 61.9 Å². The fourth-order valence-electron chi connectivity index (χ4n) is 2.80. The van der Waals surface area contributed by atoms with Crippen LogP contribution in [0, 0.1) is 0 Å². The van der Waals surface area contributed by atoms with E-state index in [2.05, 4.69) is 0 Å². The number of Topliss-reactive ketones (excluding diaryl/α,β-unsaturated/α-hetero) is 1. The molecule has 0 aromatic heterocycles. The van der Waals surface area contributed by atoms with Gasteiger partial charge in [-0.1, -0.05) is 30.3 Å². The average Bonchev–Trinajstić information content (AvgIpc) is 2.74. The summed E-state index contributed by atoms with van der Waals surface area (Å²) >= 11 is 0. The second-order valence-corrected chi connectivity index (χ2v) is 8.96. The number of alkyl halides is 13. The Balaban J connectivity index is 3.27. The molecule has 17 heteroatoms. The number of ketones is 1. The lowest BCUT2D eigenvalue weighted by Gasteiger charge is -2.39. The molecule has 1 aromatic carbocycles. The number of halogens is 13. The van der Waals surface area contributed by atoms with Crippen LogP contribution in [0.15, 0.2) is 30.3 Å². The molecule has 0 fully saturated rings. The molecule has 0 aliphatic heterocycles. The molecule has 0 aliphatic carbocycles. The first kappa shape index (κ1) is 33.3. The molecule has 0 spiro atoms. The minimum Gasteiger partial charge on any atom is -0.444 e. The predicted molar refractivity (Wildman–Crippen MR) is 104 cm³/mol. The van der Waals surface area contributed by atoms with Crippen LogP contribution in [0.1, 0.15) is 45.2 Å². The smallest absolute Gasteiger partial charge is 0.444 e. The fraction of sp³-hybridized carbons (Fsp3) is 0.619. The lowest BCUT2D eigenvalue weighted by atomic mass is 9.90. The number of hydrogen-bond donors (Lipinski definition) is 1. The number of amides is 1. The van der Waals surface area contributed by atoms with Gasteiger partial charge in [0.1, 0.15) is 11.6 Å². The van der Waals surface area contributed by atoms with Crippen LogP contribution in [0.3, 0.4) is 0 Å². The molecule has 0 saturated carbocycles. The van der Waals surface area contributed by atoms with Crippen LogP contribution in [0.25, 0.3) is 0 Å². The molecule has 0 saturated heterocycles. The molecule has 1 rings (SSSR count). The quantitative estimate of drug-likeness (QED) is 0.294. The van der Waals surface area contributed by atoms with Gasteiger partial charge in [-0.15, -0.1) is 0 Å². The van der Waals surface area contributed by atoms with E-state index in [1.54, 1.807) is 0 Å². The monoisotopic (exact) mass is 581 g/mol. The zero-order valence-electron chi connectivity index (χ0n) is 19.5. The Hall–Kier alpha value is -2.75. The van der Waals surface area contributed by atoms with Gasteiger partial charge < -0.3 is 10.1 Å². The van der Waals surface area contributed by atoms with Gasteiger partial charge in [0.05, 0.1) is 0 Å². The van der Waals surface area contributed by atoms with E-state index in [0.29, 0.717) is 0 Å². The Bertz CT molecular complexity index is 986. The molecule has 1 amide bonds. The molecule has 0 bridgehead atoms. The lowest BCUT2D eigenvalue weighted by molar-refractivity contribution is -0.440. The minimum atomic E-state index is -8.03. The van der Waals surface area contributed by atoms with Crippen molar-refractivity contribution in [3.63, 3.8) is 0 Å². The number of carbonyl (C=O) groups excluding carboxylic acids is 2. The number of benzene rings is 1. The van der Waals surface area contributed by atoms with Gasteiger partial charge in [0.25, 0.3) is 0 Å². The van der Waals surface area contributed by atoms with Gasteiger partial charge in [-0.05, 0) is 26.3 Å². The van der Waals surface area contributed by atoms with Gasteiger partial charge in [0.15, 0.2) is 5.78 Å². The van der Waals surface area contributed by atoms with Crippen LogP contribution in [0.5, 0.6) is 0 Å². The first-order chi connectivity index (χ1) is 16.7. The summed E-state index contributed by atoms with van der Waals surface area (Å²) in [5.74, 6) is -39.3. The van der Waals surface area contributed by atoms with Crippen molar-refractivity contribution in [2.24, 2.45) is 0 Å². The minimum absolute atomic E-state index is 0.153. The van der Waals surface area contributed by atoms with Crippen molar-refractivity contribution >= 4 is 11.9 Å². The van der Waals surface area contributed by atoms with Gasteiger partial charge in [-0.25, -0.2) is 4.79 Å². The van der Waals surface area contributed by atoms with Crippen LogP contribution in [-0.4, -0.2) is 53.3 Å². The second kappa shape index (κ2) is 10.4. The molecule has 0 radical (unpaired) electrons. The molecule has 0 unspecified atom stereocenters. The lowest BCUT2D eigenvalue weighted by Crippen LogP contribution is -2.70. The summed E-state index contributed by atoms with van der Waals surface area (Å²) in [6, 6.07) is 4.30. The van der Waals surface area contributed by atoms with Crippen LogP contribution < -0.4 is 5.32 Å². The molecular formula is C21H20F13NO3. The largest absolute Gasteiger partial charge is 0.460 e. The van der Waals surface area contributed by atoms with E-state index >= 15 is 0 Å². The fourth-order valence-corrected chi connectivity index (χ4v) is 2.80. The Kier molecular flexibility index (Phi) is 9.13. The van der Waals surface area contributed by atoms with E-state index in [-0.39, 0.29) is 5.56 Å². The Labute approximate surface area is 206 Å². The summed E-state index contributed by atoms with van der Waals surface area (Å²) < 4.78 is 177. The van der Waals surface area contributed by atoms with Crippen LogP contribution >= 0.6 is 0 Å². The van der Waals surface area contributed by atoms with E-state index in [9.17, 15) is 66.7 Å². The zero-order chi connectivity index (χ0) is 30.2. The van der Waals surface area contributed by atoms with Gasteiger partial charge in [0.2, 0.25) is 0 Å². The maximum atomic E-state index is 14.1. The van der Waals surface area contributed by atoms with Crippen LogP contribution in [0.2, 0.25) is 0 Å². The molecule has 1 atom stereocenters. The summed E-state index contributed by atoms with van der Waals surface area (Å²) in [5.41, 5.74) is -1.31. The topological polar surface area (TPSA) is 55.4 Å². The van der Waals surface area contributed by atoms with Gasteiger partial charge in [0, 0.05) is 12.8 Å². The maximum Gasteiger partial charge on any atom is 0.460 e. The Morgan fingerprint density at radius 2 is 1.18 bits per heavy atom. The molecule has 4 nitrogen and oxygen atoms in total. The molecule has 0 aliphatic rings. The highest BCUT2D eigenvalue weighted by molar-refractivity contribution is 5.88. The molecule has 0 heterocycles. The van der Waals surface area contributed by atoms with Crippen molar-refractivity contribution in [3.8, 4) is 0 Å². The third-order valence-electron chi connectivity index (χ3n) is 4.80. The van der Waals surface area contributed by atoms with Crippen molar-refractivity contribution < 1.29 is 71.4 Å². The highest BCUT2D eigenvalue weighted by Crippen LogP contribution is 2.60. The third kappa shape index (κ3) is 6.45. The highest BCUT2D eigenvalue weighted by Gasteiger charge is 2.90. The van der Waals surface area contributed by atoms with Crippen molar-refractivity contribution in [1.82, 2.24) is 5.32 Å². The number of carbonyl (C=O) groups is 2. The van der Waals surface area contributed by atoms with E-state index in [1.165, 1.54) is 39.0 Å². The summed E-state index contributed by atoms with van der Waals surface area (Å²) in [5, 5.41) is 1.92. The highest BCUT2D eigenvalue weighted by atomic mass is 19.4. The van der Waals surface area contributed by atoms with Crippen molar-refractivity contribution in [2.75, 3.05) is 0 Å². The summed E-state index contributed by atoms with van der Waals surface area (Å²) in [7, 11) is 0. The number of nitrogens with one attached hydrogen (secondary N) is 1. The van der Waals surface area contributed by atoms with E-state index < -0.39 is 72.1 Å². The average molecular weight is 581 g/mol. The molecular weight excluding hydrogens is 561 g/mol. The van der Waals surface area contributed by atoms with E-state index in [0.717, 1.165) is 12.1 Å². The number of rotatable bonds is 10. The number of ether oxygens (including phenoxy) is 1.